The van der Waals surface area contributed by atoms with Crippen molar-refractivity contribution in [1.29, 1.82) is 0 Å². The lowest BCUT2D eigenvalue weighted by atomic mass is 10.3. The zero-order valence-electron chi connectivity index (χ0n) is 17.4. The summed E-state index contributed by atoms with van der Waals surface area (Å²) in [5, 5.41) is 6.63. The molecule has 4 rings (SSSR count). The molecule has 0 saturated heterocycles. The summed E-state index contributed by atoms with van der Waals surface area (Å²) >= 11 is 0. The number of nitrogens with one attached hydrogen (secondary N) is 3. The van der Waals surface area contributed by atoms with Crippen molar-refractivity contribution < 1.29 is 0 Å². The van der Waals surface area contributed by atoms with Crippen molar-refractivity contribution >= 4 is 40.3 Å². The number of aromatic amines is 1. The minimum absolute atomic E-state index is 0.540. The highest BCUT2D eigenvalue weighted by molar-refractivity contribution is 5.87. The lowest BCUT2D eigenvalue weighted by Gasteiger charge is -2.23. The lowest BCUT2D eigenvalue weighted by molar-refractivity contribution is 0.736. The first-order valence-corrected chi connectivity index (χ1v) is 10.4. The lowest BCUT2D eigenvalue weighted by Crippen LogP contribution is -2.26. The molecule has 3 N–H and O–H groups in total. The van der Waals surface area contributed by atoms with Crippen LogP contribution in [0.15, 0.2) is 60.7 Å². The van der Waals surface area contributed by atoms with Crippen LogP contribution in [0.25, 0.3) is 11.2 Å². The van der Waals surface area contributed by atoms with E-state index in [1.807, 2.05) is 60.7 Å². The van der Waals surface area contributed by atoms with Gasteiger partial charge in [0.2, 0.25) is 11.9 Å². The van der Waals surface area contributed by atoms with Crippen molar-refractivity contribution in [1.82, 2.24) is 19.9 Å². The van der Waals surface area contributed by atoms with E-state index < -0.39 is 0 Å². The van der Waals surface area contributed by atoms with Crippen molar-refractivity contribution in [2.45, 2.75) is 26.7 Å². The van der Waals surface area contributed by atoms with Gasteiger partial charge in [0.1, 0.15) is 5.52 Å². The molecule has 0 aliphatic heterocycles. The molecular formula is C23H27N7. The first-order valence-electron chi connectivity index (χ1n) is 10.4. The number of para-hydroxylation sites is 2. The minimum Gasteiger partial charge on any atom is -0.355 e. The number of H-pyrrole nitrogens is 1. The van der Waals surface area contributed by atoms with Gasteiger partial charge in [0.05, 0.1) is 0 Å². The Morgan fingerprint density at radius 1 is 0.767 bits per heavy atom. The van der Waals surface area contributed by atoms with Crippen molar-refractivity contribution in [2.24, 2.45) is 0 Å². The third kappa shape index (κ3) is 4.51. The number of anilines is 5. The zero-order chi connectivity index (χ0) is 20.8. The van der Waals surface area contributed by atoms with Crippen LogP contribution in [0.2, 0.25) is 0 Å². The molecule has 0 aliphatic carbocycles. The van der Waals surface area contributed by atoms with E-state index in [4.69, 9.17) is 4.98 Å². The van der Waals surface area contributed by atoms with Gasteiger partial charge in [-0.1, -0.05) is 50.2 Å². The topological polar surface area (TPSA) is 81.8 Å². The molecule has 2 aromatic heterocycles. The molecule has 0 bridgehead atoms. The minimum atomic E-state index is 0.540. The number of benzene rings is 2. The van der Waals surface area contributed by atoms with E-state index in [-0.39, 0.29) is 0 Å². The molecule has 0 fully saturated rings. The molecule has 0 spiro atoms. The van der Waals surface area contributed by atoms with Crippen molar-refractivity contribution in [2.75, 3.05) is 28.6 Å². The first-order chi connectivity index (χ1) is 14.8. The molecule has 0 saturated carbocycles. The van der Waals surface area contributed by atoms with Gasteiger partial charge in [0, 0.05) is 24.5 Å². The standard InChI is InChI=1S/C23H27N7/c1-3-15-30(16-4-2)21-19-20(27-22(26-19)24-17-11-7-5-8-12-17)28-23(29-21)25-18-13-9-6-10-14-18/h5-14H,3-4,15-16H2,1-2H3,(H3,24,25,26,27,28,29). The molecule has 154 valence electrons. The van der Waals surface area contributed by atoms with E-state index in [1.165, 1.54) is 0 Å². The molecule has 7 nitrogen and oxygen atoms in total. The van der Waals surface area contributed by atoms with Crippen LogP contribution in [0.5, 0.6) is 0 Å². The molecule has 4 aromatic rings. The molecule has 0 amide bonds. The van der Waals surface area contributed by atoms with Gasteiger partial charge < -0.3 is 20.5 Å². The van der Waals surface area contributed by atoms with Gasteiger partial charge in [-0.15, -0.1) is 0 Å². The van der Waals surface area contributed by atoms with Gasteiger partial charge in [-0.25, -0.2) is 0 Å². The molecule has 30 heavy (non-hydrogen) atoms. The second kappa shape index (κ2) is 9.26. The fourth-order valence-electron chi connectivity index (χ4n) is 3.40. The Labute approximate surface area is 176 Å². The highest BCUT2D eigenvalue weighted by Gasteiger charge is 2.18. The van der Waals surface area contributed by atoms with Crippen LogP contribution < -0.4 is 15.5 Å². The highest BCUT2D eigenvalue weighted by atomic mass is 15.3. The molecule has 0 unspecified atom stereocenters. The summed E-state index contributed by atoms with van der Waals surface area (Å²) in [7, 11) is 0. The van der Waals surface area contributed by atoms with Crippen LogP contribution in [-0.4, -0.2) is 33.0 Å². The quantitative estimate of drug-likeness (QED) is 0.345. The summed E-state index contributed by atoms with van der Waals surface area (Å²) in [5.41, 5.74) is 3.38. The number of aromatic nitrogens is 4. The van der Waals surface area contributed by atoms with Gasteiger partial charge >= 0.3 is 0 Å². The third-order valence-electron chi connectivity index (χ3n) is 4.68. The summed E-state index contributed by atoms with van der Waals surface area (Å²) in [5.74, 6) is 2.06. The van der Waals surface area contributed by atoms with E-state index in [9.17, 15) is 0 Å². The molecular weight excluding hydrogens is 374 g/mol. The molecule has 0 radical (unpaired) electrons. The van der Waals surface area contributed by atoms with Crippen LogP contribution in [-0.2, 0) is 0 Å². The summed E-state index contributed by atoms with van der Waals surface area (Å²) in [6, 6.07) is 19.9. The van der Waals surface area contributed by atoms with Gasteiger partial charge in [-0.05, 0) is 37.1 Å². The molecule has 0 aliphatic rings. The summed E-state index contributed by atoms with van der Waals surface area (Å²) in [4.78, 5) is 19.9. The Morgan fingerprint density at radius 3 is 1.97 bits per heavy atom. The number of rotatable bonds is 9. The van der Waals surface area contributed by atoms with E-state index >= 15 is 0 Å². The average Bonchev–Trinajstić information content (AvgIpc) is 3.17. The molecule has 0 atom stereocenters. The van der Waals surface area contributed by atoms with Crippen LogP contribution in [0.3, 0.4) is 0 Å². The second-order valence-electron chi connectivity index (χ2n) is 7.12. The predicted octanol–water partition coefficient (Wildman–Crippen LogP) is 5.47. The summed E-state index contributed by atoms with van der Waals surface area (Å²) < 4.78 is 0. The molecule has 2 heterocycles. The van der Waals surface area contributed by atoms with E-state index in [0.717, 1.165) is 48.6 Å². The van der Waals surface area contributed by atoms with Gasteiger partial charge in [-0.2, -0.15) is 15.0 Å². The predicted molar refractivity (Wildman–Crippen MR) is 124 cm³/mol. The Morgan fingerprint density at radius 2 is 1.37 bits per heavy atom. The van der Waals surface area contributed by atoms with Crippen LogP contribution >= 0.6 is 0 Å². The van der Waals surface area contributed by atoms with Crippen LogP contribution in [0, 0.1) is 0 Å². The van der Waals surface area contributed by atoms with Gasteiger partial charge in [0.25, 0.3) is 0 Å². The number of hydrogen-bond acceptors (Lipinski definition) is 6. The van der Waals surface area contributed by atoms with Crippen molar-refractivity contribution in [3.8, 4) is 0 Å². The van der Waals surface area contributed by atoms with Crippen molar-refractivity contribution in [3.05, 3.63) is 60.7 Å². The second-order valence-corrected chi connectivity index (χ2v) is 7.12. The molecule has 7 heteroatoms. The monoisotopic (exact) mass is 401 g/mol. The maximum atomic E-state index is 4.86. The number of nitrogens with zero attached hydrogens (tertiary/aromatic N) is 4. The maximum absolute atomic E-state index is 4.86. The zero-order valence-corrected chi connectivity index (χ0v) is 17.4. The van der Waals surface area contributed by atoms with Crippen LogP contribution in [0.4, 0.5) is 29.1 Å². The number of hydrogen-bond donors (Lipinski definition) is 3. The first kappa shape index (κ1) is 19.7. The van der Waals surface area contributed by atoms with Crippen molar-refractivity contribution in [3.63, 3.8) is 0 Å². The molecule has 2 aromatic carbocycles. The summed E-state index contributed by atoms with van der Waals surface area (Å²) in [6.07, 6.45) is 2.08. The number of fused-ring (bicyclic) bond motifs is 1. The smallest absolute Gasteiger partial charge is 0.231 e. The van der Waals surface area contributed by atoms with E-state index in [0.29, 0.717) is 17.5 Å². The third-order valence-corrected chi connectivity index (χ3v) is 4.68. The summed E-state index contributed by atoms with van der Waals surface area (Å²) in [6.45, 7) is 6.20. The Balaban J connectivity index is 1.75. The average molecular weight is 402 g/mol. The normalized spacial score (nSPS) is 10.9. The Hall–Kier alpha value is -3.61. The van der Waals surface area contributed by atoms with Gasteiger partial charge in [0.15, 0.2) is 11.5 Å². The fraction of sp³-hybridized carbons (Fsp3) is 0.261. The largest absolute Gasteiger partial charge is 0.355 e. The van der Waals surface area contributed by atoms with Gasteiger partial charge in [-0.3, -0.25) is 0 Å². The Kier molecular flexibility index (Phi) is 6.08. The number of imidazole rings is 1. The van der Waals surface area contributed by atoms with E-state index in [1.54, 1.807) is 0 Å². The highest BCUT2D eigenvalue weighted by Crippen LogP contribution is 2.27. The maximum Gasteiger partial charge on any atom is 0.231 e. The SMILES string of the molecule is CCCN(CCC)c1nc(Nc2ccccc2)nc2nc(Nc3ccccc3)[nH]c12. The van der Waals surface area contributed by atoms with Crippen LogP contribution in [0.1, 0.15) is 26.7 Å². The van der Waals surface area contributed by atoms with E-state index in [2.05, 4.69) is 44.3 Å². The fourth-order valence-corrected chi connectivity index (χ4v) is 3.40. The Bertz CT molecular complexity index is 1070.